The average Bonchev–Trinajstić information content (AvgIpc) is 2.37. The van der Waals surface area contributed by atoms with E-state index in [9.17, 15) is 22.4 Å². The quantitative estimate of drug-likeness (QED) is 0.571. The molecule has 0 aromatic heterocycles. The SMILES string of the molecule is O=C(C1=CCCCC1)c1cc(F)ccc1C(F)(F)F. The van der Waals surface area contributed by atoms with Crippen LogP contribution in [0.15, 0.2) is 29.8 Å². The molecular formula is C14H12F4O. The fourth-order valence-electron chi connectivity index (χ4n) is 2.17. The number of alkyl halides is 3. The lowest BCUT2D eigenvalue weighted by Crippen LogP contribution is -2.15. The van der Waals surface area contributed by atoms with Crippen molar-refractivity contribution < 1.29 is 22.4 Å². The highest BCUT2D eigenvalue weighted by molar-refractivity contribution is 6.09. The lowest BCUT2D eigenvalue weighted by Gasteiger charge is -2.15. The molecule has 1 nitrogen and oxygen atoms in total. The number of hydrogen-bond acceptors (Lipinski definition) is 1. The summed E-state index contributed by atoms with van der Waals surface area (Å²) in [5, 5.41) is 0. The number of carbonyl (C=O) groups excluding carboxylic acids is 1. The summed E-state index contributed by atoms with van der Waals surface area (Å²) in [4.78, 5) is 12.1. The van der Waals surface area contributed by atoms with Crippen LogP contribution in [0.25, 0.3) is 0 Å². The Labute approximate surface area is 107 Å². The van der Waals surface area contributed by atoms with Crippen molar-refractivity contribution in [2.45, 2.75) is 31.9 Å². The van der Waals surface area contributed by atoms with Gasteiger partial charge in [-0.2, -0.15) is 13.2 Å². The molecule has 102 valence electrons. The van der Waals surface area contributed by atoms with Crippen LogP contribution >= 0.6 is 0 Å². The first-order chi connectivity index (χ1) is 8.89. The van der Waals surface area contributed by atoms with Gasteiger partial charge < -0.3 is 0 Å². The van der Waals surface area contributed by atoms with Gasteiger partial charge in [-0.3, -0.25) is 4.79 Å². The van der Waals surface area contributed by atoms with E-state index in [4.69, 9.17) is 0 Å². The first-order valence-corrected chi connectivity index (χ1v) is 6.00. The fourth-order valence-corrected chi connectivity index (χ4v) is 2.17. The molecule has 0 saturated heterocycles. The van der Waals surface area contributed by atoms with E-state index in [0.717, 1.165) is 18.9 Å². The lowest BCUT2D eigenvalue weighted by molar-refractivity contribution is -0.137. The van der Waals surface area contributed by atoms with Crippen molar-refractivity contribution in [1.29, 1.82) is 0 Å². The smallest absolute Gasteiger partial charge is 0.289 e. The van der Waals surface area contributed by atoms with E-state index < -0.39 is 28.9 Å². The number of Topliss-reactive ketones (excluding diaryl/α,β-unsaturated/α-hetero) is 1. The number of carbonyl (C=O) groups is 1. The molecule has 0 spiro atoms. The third-order valence-corrected chi connectivity index (χ3v) is 3.11. The highest BCUT2D eigenvalue weighted by Crippen LogP contribution is 2.34. The minimum atomic E-state index is -4.66. The molecule has 1 aromatic rings. The van der Waals surface area contributed by atoms with Crippen LogP contribution in [0.5, 0.6) is 0 Å². The number of allylic oxidation sites excluding steroid dienone is 2. The summed E-state index contributed by atoms with van der Waals surface area (Å²) < 4.78 is 51.6. The van der Waals surface area contributed by atoms with Crippen molar-refractivity contribution >= 4 is 5.78 Å². The highest BCUT2D eigenvalue weighted by atomic mass is 19.4. The van der Waals surface area contributed by atoms with Gasteiger partial charge in [0.2, 0.25) is 0 Å². The van der Waals surface area contributed by atoms with E-state index in [1.807, 2.05) is 0 Å². The monoisotopic (exact) mass is 272 g/mol. The first-order valence-electron chi connectivity index (χ1n) is 6.00. The molecule has 19 heavy (non-hydrogen) atoms. The van der Waals surface area contributed by atoms with Gasteiger partial charge in [0.15, 0.2) is 5.78 Å². The van der Waals surface area contributed by atoms with Crippen LogP contribution < -0.4 is 0 Å². The third-order valence-electron chi connectivity index (χ3n) is 3.11. The van der Waals surface area contributed by atoms with Crippen molar-refractivity contribution in [3.05, 3.63) is 46.8 Å². The Bertz CT molecular complexity index is 529. The lowest BCUT2D eigenvalue weighted by atomic mass is 9.91. The van der Waals surface area contributed by atoms with Gasteiger partial charge in [0.1, 0.15) is 5.82 Å². The molecule has 0 bridgehead atoms. The Morgan fingerprint density at radius 1 is 1.16 bits per heavy atom. The number of benzene rings is 1. The third kappa shape index (κ3) is 3.03. The Balaban J connectivity index is 2.45. The summed E-state index contributed by atoms with van der Waals surface area (Å²) >= 11 is 0. The topological polar surface area (TPSA) is 17.1 Å². The molecule has 0 saturated carbocycles. The number of halogens is 4. The molecule has 0 heterocycles. The summed E-state index contributed by atoms with van der Waals surface area (Å²) in [7, 11) is 0. The molecule has 0 aliphatic heterocycles. The zero-order valence-electron chi connectivity index (χ0n) is 10.1. The van der Waals surface area contributed by atoms with Gasteiger partial charge >= 0.3 is 6.18 Å². The molecule has 2 rings (SSSR count). The van der Waals surface area contributed by atoms with E-state index in [0.29, 0.717) is 30.5 Å². The van der Waals surface area contributed by atoms with Gasteiger partial charge in [-0.1, -0.05) is 6.08 Å². The maximum absolute atomic E-state index is 13.1. The van der Waals surface area contributed by atoms with Crippen LogP contribution in [-0.4, -0.2) is 5.78 Å². The van der Waals surface area contributed by atoms with Crippen molar-refractivity contribution in [2.75, 3.05) is 0 Å². The van der Waals surface area contributed by atoms with Gasteiger partial charge in [0, 0.05) is 5.56 Å². The van der Waals surface area contributed by atoms with E-state index in [2.05, 4.69) is 0 Å². The minimum Gasteiger partial charge on any atom is -0.289 e. The Morgan fingerprint density at radius 3 is 2.47 bits per heavy atom. The average molecular weight is 272 g/mol. The van der Waals surface area contributed by atoms with Gasteiger partial charge in [-0.25, -0.2) is 4.39 Å². The second kappa shape index (κ2) is 5.15. The van der Waals surface area contributed by atoms with Crippen LogP contribution in [0, 0.1) is 5.82 Å². The first kappa shape index (κ1) is 13.8. The van der Waals surface area contributed by atoms with Crippen LogP contribution in [0.1, 0.15) is 41.6 Å². The largest absolute Gasteiger partial charge is 0.417 e. The summed E-state index contributed by atoms with van der Waals surface area (Å²) in [6.45, 7) is 0. The molecule has 5 heteroatoms. The molecule has 0 amide bonds. The Kier molecular flexibility index (Phi) is 3.73. The second-order valence-electron chi connectivity index (χ2n) is 4.49. The predicted octanol–water partition coefficient (Wildman–Crippen LogP) is 4.53. The van der Waals surface area contributed by atoms with Crippen molar-refractivity contribution in [1.82, 2.24) is 0 Å². The van der Waals surface area contributed by atoms with Gasteiger partial charge in [-0.15, -0.1) is 0 Å². The summed E-state index contributed by atoms with van der Waals surface area (Å²) in [5.74, 6) is -1.56. The molecule has 1 aromatic carbocycles. The summed E-state index contributed by atoms with van der Waals surface area (Å²) in [6, 6.07) is 2.00. The van der Waals surface area contributed by atoms with Crippen LogP contribution in [-0.2, 0) is 6.18 Å². The molecule has 0 N–H and O–H groups in total. The summed E-state index contributed by atoms with van der Waals surface area (Å²) in [5.41, 5.74) is -1.33. The molecule has 1 aliphatic carbocycles. The summed E-state index contributed by atoms with van der Waals surface area (Å²) in [6.07, 6.45) is -0.185. The molecule has 0 fully saturated rings. The van der Waals surface area contributed by atoms with Crippen LogP contribution in [0.4, 0.5) is 17.6 Å². The van der Waals surface area contributed by atoms with Gasteiger partial charge in [0.05, 0.1) is 5.56 Å². The number of rotatable bonds is 2. The molecule has 0 atom stereocenters. The van der Waals surface area contributed by atoms with Crippen molar-refractivity contribution in [3.8, 4) is 0 Å². The molecule has 1 aliphatic rings. The van der Waals surface area contributed by atoms with Crippen molar-refractivity contribution in [2.24, 2.45) is 0 Å². The molecule has 0 radical (unpaired) electrons. The van der Waals surface area contributed by atoms with Crippen LogP contribution in [0.2, 0.25) is 0 Å². The van der Waals surface area contributed by atoms with E-state index in [1.165, 1.54) is 0 Å². The number of ketones is 1. The maximum Gasteiger partial charge on any atom is 0.417 e. The molecular weight excluding hydrogens is 260 g/mol. The predicted molar refractivity (Wildman–Crippen MR) is 62.3 cm³/mol. The standard InChI is InChI=1S/C14H12F4O/c15-10-6-7-12(14(16,17)18)11(8-10)13(19)9-4-2-1-3-5-9/h4,6-8H,1-3,5H2. The van der Waals surface area contributed by atoms with E-state index >= 15 is 0 Å². The molecule has 0 unspecified atom stereocenters. The van der Waals surface area contributed by atoms with Crippen molar-refractivity contribution in [3.63, 3.8) is 0 Å². The van der Waals surface area contributed by atoms with Crippen LogP contribution in [0.3, 0.4) is 0 Å². The maximum atomic E-state index is 13.1. The second-order valence-corrected chi connectivity index (χ2v) is 4.49. The van der Waals surface area contributed by atoms with Gasteiger partial charge in [-0.05, 0) is 49.5 Å². The normalized spacial score (nSPS) is 16.1. The zero-order chi connectivity index (χ0) is 14.0. The number of hydrogen-bond donors (Lipinski definition) is 0. The Hall–Kier alpha value is -1.65. The zero-order valence-corrected chi connectivity index (χ0v) is 10.1. The highest BCUT2D eigenvalue weighted by Gasteiger charge is 2.35. The van der Waals surface area contributed by atoms with Gasteiger partial charge in [0.25, 0.3) is 0 Å². The fraction of sp³-hybridized carbons (Fsp3) is 0.357. The van der Waals surface area contributed by atoms with E-state index in [-0.39, 0.29) is 0 Å². The Morgan fingerprint density at radius 2 is 1.89 bits per heavy atom. The minimum absolute atomic E-state index is 0.349. The van der Waals surface area contributed by atoms with E-state index in [1.54, 1.807) is 6.08 Å².